The minimum atomic E-state index is 1.11. The normalized spacial score (nSPS) is 13.9. The van der Waals surface area contributed by atoms with Crippen molar-refractivity contribution >= 4 is 0 Å². The third-order valence-electron chi connectivity index (χ3n) is 1.74. The van der Waals surface area contributed by atoms with E-state index in [9.17, 15) is 0 Å². The highest BCUT2D eigenvalue weighted by Crippen LogP contribution is 2.12. The van der Waals surface area contributed by atoms with Gasteiger partial charge in [0, 0.05) is 0 Å². The van der Waals surface area contributed by atoms with Gasteiger partial charge in [-0.25, -0.2) is 0 Å². The van der Waals surface area contributed by atoms with Gasteiger partial charge in [0.05, 0.1) is 0 Å². The van der Waals surface area contributed by atoms with Gasteiger partial charge in [0.2, 0.25) is 0 Å². The van der Waals surface area contributed by atoms with Gasteiger partial charge >= 0.3 is 0 Å². The SMILES string of the molecule is C=C\C=C/C(=C/C)C(/C=C)=C\C=C/C. The van der Waals surface area contributed by atoms with Crippen LogP contribution in [0.4, 0.5) is 0 Å². The van der Waals surface area contributed by atoms with Crippen molar-refractivity contribution in [2.75, 3.05) is 0 Å². The maximum atomic E-state index is 3.79. The summed E-state index contributed by atoms with van der Waals surface area (Å²) in [6, 6.07) is 0. The zero-order valence-electron chi connectivity index (χ0n) is 9.03. The fourth-order valence-corrected chi connectivity index (χ4v) is 1.01. The summed E-state index contributed by atoms with van der Waals surface area (Å²) in [5.74, 6) is 0. The van der Waals surface area contributed by atoms with Crippen molar-refractivity contribution in [2.24, 2.45) is 0 Å². The molecule has 0 amide bonds. The second kappa shape index (κ2) is 8.06. The molecule has 0 aliphatic rings. The maximum Gasteiger partial charge on any atom is -0.0193 e. The quantitative estimate of drug-likeness (QED) is 0.559. The molecule has 0 radical (unpaired) electrons. The van der Waals surface area contributed by atoms with Gasteiger partial charge in [-0.3, -0.25) is 0 Å². The van der Waals surface area contributed by atoms with Gasteiger partial charge in [-0.15, -0.1) is 0 Å². The molecule has 0 rings (SSSR count). The summed E-state index contributed by atoms with van der Waals surface area (Å²) in [6.45, 7) is 11.4. The standard InChI is InChI=1S/C14H18/c1-5-9-11-13(7-3)14(8-4)12-10-6-2/h5-12H,1,4H2,2-3H3/b10-6-,11-9-,13-7-,14-12-. The lowest BCUT2D eigenvalue weighted by Gasteiger charge is -2.00. The molecule has 0 aromatic carbocycles. The van der Waals surface area contributed by atoms with Crippen LogP contribution in [0.3, 0.4) is 0 Å². The van der Waals surface area contributed by atoms with E-state index in [1.54, 1.807) is 6.08 Å². The van der Waals surface area contributed by atoms with Crippen molar-refractivity contribution < 1.29 is 0 Å². The molecule has 0 saturated carbocycles. The fourth-order valence-electron chi connectivity index (χ4n) is 1.01. The lowest BCUT2D eigenvalue weighted by atomic mass is 10.0. The van der Waals surface area contributed by atoms with E-state index in [-0.39, 0.29) is 0 Å². The van der Waals surface area contributed by atoms with E-state index in [0.717, 1.165) is 11.1 Å². The van der Waals surface area contributed by atoms with Crippen molar-refractivity contribution in [3.05, 3.63) is 72.9 Å². The Hall–Kier alpha value is -1.56. The van der Waals surface area contributed by atoms with E-state index in [2.05, 4.69) is 19.2 Å². The fraction of sp³-hybridized carbons (Fsp3) is 0.143. The van der Waals surface area contributed by atoms with Crippen LogP contribution in [0.5, 0.6) is 0 Å². The summed E-state index contributed by atoms with van der Waals surface area (Å²) in [5.41, 5.74) is 2.27. The van der Waals surface area contributed by atoms with Crippen LogP contribution >= 0.6 is 0 Å². The predicted octanol–water partition coefficient (Wildman–Crippen LogP) is 4.36. The van der Waals surface area contributed by atoms with Crippen LogP contribution in [0, 0.1) is 0 Å². The minimum Gasteiger partial charge on any atom is -0.0991 e. The molecule has 0 aliphatic heterocycles. The van der Waals surface area contributed by atoms with Gasteiger partial charge in [-0.05, 0) is 25.0 Å². The summed E-state index contributed by atoms with van der Waals surface area (Å²) in [5, 5.41) is 0. The van der Waals surface area contributed by atoms with Crippen molar-refractivity contribution in [3.63, 3.8) is 0 Å². The Morgan fingerprint density at radius 3 is 2.14 bits per heavy atom. The first kappa shape index (κ1) is 12.4. The van der Waals surface area contributed by atoms with Crippen LogP contribution in [0.25, 0.3) is 0 Å². The Morgan fingerprint density at radius 2 is 1.71 bits per heavy atom. The van der Waals surface area contributed by atoms with Gasteiger partial charge in [-0.2, -0.15) is 0 Å². The smallest absolute Gasteiger partial charge is 0.0193 e. The van der Waals surface area contributed by atoms with Gasteiger partial charge in [0.1, 0.15) is 0 Å². The number of rotatable bonds is 5. The second-order valence-corrected chi connectivity index (χ2v) is 2.69. The summed E-state index contributed by atoms with van der Waals surface area (Å²) < 4.78 is 0. The Morgan fingerprint density at radius 1 is 1.00 bits per heavy atom. The Kier molecular flexibility index (Phi) is 7.16. The number of hydrogen-bond acceptors (Lipinski definition) is 0. The van der Waals surface area contributed by atoms with Gasteiger partial charge in [-0.1, -0.05) is 61.8 Å². The third-order valence-corrected chi connectivity index (χ3v) is 1.74. The van der Waals surface area contributed by atoms with E-state index >= 15 is 0 Å². The van der Waals surface area contributed by atoms with Crippen molar-refractivity contribution in [3.8, 4) is 0 Å². The highest BCUT2D eigenvalue weighted by atomic mass is 14.0. The molecule has 0 unspecified atom stereocenters. The van der Waals surface area contributed by atoms with Crippen LogP contribution < -0.4 is 0 Å². The van der Waals surface area contributed by atoms with Crippen LogP contribution in [0.15, 0.2) is 72.9 Å². The van der Waals surface area contributed by atoms with E-state index in [1.165, 1.54) is 0 Å². The second-order valence-electron chi connectivity index (χ2n) is 2.69. The third kappa shape index (κ3) is 4.46. The molecular weight excluding hydrogens is 168 g/mol. The Bertz CT molecular complexity index is 296. The highest BCUT2D eigenvalue weighted by Gasteiger charge is 1.93. The molecule has 0 saturated heterocycles. The average Bonchev–Trinajstić information content (AvgIpc) is 2.23. The molecular formula is C14H18. The summed E-state index contributed by atoms with van der Waals surface area (Å²) >= 11 is 0. The first-order valence-corrected chi connectivity index (χ1v) is 4.71. The molecule has 0 aromatic heterocycles. The monoisotopic (exact) mass is 186 g/mol. The van der Waals surface area contributed by atoms with E-state index in [1.807, 2.05) is 50.3 Å². The van der Waals surface area contributed by atoms with Gasteiger partial charge < -0.3 is 0 Å². The zero-order valence-corrected chi connectivity index (χ0v) is 9.03. The van der Waals surface area contributed by atoms with Gasteiger partial charge in [0.15, 0.2) is 0 Å². The molecule has 0 aromatic rings. The molecule has 0 aliphatic carbocycles. The van der Waals surface area contributed by atoms with Crippen LogP contribution in [0.2, 0.25) is 0 Å². The predicted molar refractivity (Wildman–Crippen MR) is 66.2 cm³/mol. The molecule has 0 nitrogen and oxygen atoms in total. The van der Waals surface area contributed by atoms with Crippen molar-refractivity contribution in [1.82, 2.24) is 0 Å². The van der Waals surface area contributed by atoms with Crippen LogP contribution in [0.1, 0.15) is 13.8 Å². The van der Waals surface area contributed by atoms with E-state index in [0.29, 0.717) is 0 Å². The molecule has 0 atom stereocenters. The maximum absolute atomic E-state index is 3.79. The van der Waals surface area contributed by atoms with Crippen molar-refractivity contribution in [2.45, 2.75) is 13.8 Å². The average molecular weight is 186 g/mol. The van der Waals surface area contributed by atoms with Gasteiger partial charge in [0.25, 0.3) is 0 Å². The zero-order chi connectivity index (χ0) is 10.8. The summed E-state index contributed by atoms with van der Waals surface area (Å²) in [4.78, 5) is 0. The molecule has 0 fully saturated rings. The van der Waals surface area contributed by atoms with Crippen LogP contribution in [-0.4, -0.2) is 0 Å². The first-order chi connectivity index (χ1) is 6.79. The Balaban J connectivity index is 4.89. The lowest BCUT2D eigenvalue weighted by Crippen LogP contribution is -1.81. The summed E-state index contributed by atoms with van der Waals surface area (Å²) in [7, 11) is 0. The van der Waals surface area contributed by atoms with E-state index < -0.39 is 0 Å². The molecule has 0 spiro atoms. The number of allylic oxidation sites excluding steroid dienone is 10. The molecule has 14 heavy (non-hydrogen) atoms. The summed E-state index contributed by atoms with van der Waals surface area (Å²) in [6.07, 6.45) is 15.6. The van der Waals surface area contributed by atoms with E-state index in [4.69, 9.17) is 0 Å². The molecule has 0 bridgehead atoms. The molecule has 0 heterocycles. The molecule has 74 valence electrons. The topological polar surface area (TPSA) is 0 Å². The highest BCUT2D eigenvalue weighted by molar-refractivity contribution is 5.47. The molecule has 0 N–H and O–H groups in total. The minimum absolute atomic E-state index is 1.11. The van der Waals surface area contributed by atoms with Crippen LogP contribution in [-0.2, 0) is 0 Å². The molecule has 0 heteroatoms. The lowest BCUT2D eigenvalue weighted by molar-refractivity contribution is 1.50. The Labute approximate surface area is 87.3 Å². The number of hydrogen-bond donors (Lipinski definition) is 0. The largest absolute Gasteiger partial charge is 0.0991 e. The first-order valence-electron chi connectivity index (χ1n) is 4.71. The van der Waals surface area contributed by atoms with Crippen molar-refractivity contribution in [1.29, 1.82) is 0 Å².